The highest BCUT2D eigenvalue weighted by molar-refractivity contribution is 6.30. The van der Waals surface area contributed by atoms with Gasteiger partial charge in [0.25, 0.3) is 5.91 Å². The lowest BCUT2D eigenvalue weighted by Crippen LogP contribution is -2.53. The van der Waals surface area contributed by atoms with E-state index in [9.17, 15) is 9.59 Å². The summed E-state index contributed by atoms with van der Waals surface area (Å²) in [4.78, 5) is 38.0. The van der Waals surface area contributed by atoms with E-state index in [1.165, 1.54) is 4.90 Å². The molecular formula is C19H20ClN5O2. The minimum atomic E-state index is -0.357. The average Bonchev–Trinajstić information content (AvgIpc) is 2.76. The van der Waals surface area contributed by atoms with E-state index in [4.69, 9.17) is 11.6 Å². The smallest absolute Gasteiger partial charge is 0.327 e. The first-order valence-corrected chi connectivity index (χ1v) is 9.16. The molecule has 0 atom stereocenters. The summed E-state index contributed by atoms with van der Waals surface area (Å²) >= 11 is 6.11. The molecule has 0 spiro atoms. The van der Waals surface area contributed by atoms with E-state index in [1.807, 2.05) is 26.2 Å². The predicted molar refractivity (Wildman–Crippen MR) is 105 cm³/mol. The highest BCUT2D eigenvalue weighted by atomic mass is 35.5. The number of para-hydroxylation sites is 1. The van der Waals surface area contributed by atoms with Crippen molar-refractivity contribution in [2.75, 3.05) is 50.1 Å². The molecular weight excluding hydrogens is 366 g/mol. The summed E-state index contributed by atoms with van der Waals surface area (Å²) in [7, 11) is 3.84. The zero-order valence-corrected chi connectivity index (χ0v) is 16.0. The summed E-state index contributed by atoms with van der Waals surface area (Å²) < 4.78 is 0. The normalized spacial score (nSPS) is 17.4. The Labute approximate surface area is 162 Å². The highest BCUT2D eigenvalue weighted by Gasteiger charge is 2.37. The van der Waals surface area contributed by atoms with Gasteiger partial charge in [-0.2, -0.15) is 0 Å². The van der Waals surface area contributed by atoms with E-state index in [2.05, 4.69) is 9.88 Å². The van der Waals surface area contributed by atoms with Crippen LogP contribution in [0.15, 0.2) is 36.4 Å². The standard InChI is InChI=1S/C19H20ClN5O2/c1-22-9-11-24(12-10-22)19(27)25-15-7-8-16(20)21-17(15)23(2)14-6-4-3-5-13(14)18(25)26/h3-8H,9-12H2,1-2H3. The van der Waals surface area contributed by atoms with Gasteiger partial charge in [-0.1, -0.05) is 23.7 Å². The number of rotatable bonds is 0. The number of carbonyl (C=O) groups is 2. The molecule has 140 valence electrons. The molecule has 0 unspecified atom stereocenters. The lowest BCUT2D eigenvalue weighted by atomic mass is 10.1. The van der Waals surface area contributed by atoms with Crippen molar-refractivity contribution in [3.63, 3.8) is 0 Å². The first-order valence-electron chi connectivity index (χ1n) is 8.78. The molecule has 2 aliphatic heterocycles. The van der Waals surface area contributed by atoms with E-state index in [1.54, 1.807) is 34.1 Å². The number of pyridine rings is 1. The second kappa shape index (κ2) is 6.83. The average molecular weight is 386 g/mol. The van der Waals surface area contributed by atoms with E-state index in [-0.39, 0.29) is 11.9 Å². The third-order valence-electron chi connectivity index (χ3n) is 5.04. The topological polar surface area (TPSA) is 60.0 Å². The number of halogens is 1. The molecule has 1 saturated heterocycles. The van der Waals surface area contributed by atoms with E-state index in [0.29, 0.717) is 41.0 Å². The van der Waals surface area contributed by atoms with Crippen LogP contribution in [0.25, 0.3) is 0 Å². The maximum atomic E-state index is 13.4. The molecule has 27 heavy (non-hydrogen) atoms. The Balaban J connectivity index is 1.84. The number of aromatic nitrogens is 1. The van der Waals surface area contributed by atoms with Gasteiger partial charge in [-0.15, -0.1) is 0 Å². The van der Waals surface area contributed by atoms with Crippen molar-refractivity contribution in [2.45, 2.75) is 0 Å². The Morgan fingerprint density at radius 2 is 1.70 bits per heavy atom. The molecule has 1 aromatic carbocycles. The molecule has 4 rings (SSSR count). The van der Waals surface area contributed by atoms with Crippen molar-refractivity contribution in [3.05, 3.63) is 47.1 Å². The third kappa shape index (κ3) is 3.02. The van der Waals surface area contributed by atoms with Crippen LogP contribution in [0.5, 0.6) is 0 Å². The fourth-order valence-corrected chi connectivity index (χ4v) is 3.60. The van der Waals surface area contributed by atoms with Gasteiger partial charge in [-0.05, 0) is 31.3 Å². The van der Waals surface area contributed by atoms with Gasteiger partial charge in [0.15, 0.2) is 5.82 Å². The molecule has 0 bridgehead atoms. The second-order valence-electron chi connectivity index (χ2n) is 6.77. The van der Waals surface area contributed by atoms with Gasteiger partial charge in [0, 0.05) is 33.2 Å². The molecule has 0 aliphatic carbocycles. The first kappa shape index (κ1) is 17.8. The van der Waals surface area contributed by atoms with Crippen LogP contribution in [-0.2, 0) is 0 Å². The van der Waals surface area contributed by atoms with Crippen LogP contribution in [0.4, 0.5) is 22.0 Å². The number of hydrogen-bond acceptors (Lipinski definition) is 5. The van der Waals surface area contributed by atoms with Crippen LogP contribution in [0.2, 0.25) is 5.15 Å². The van der Waals surface area contributed by atoms with Crippen LogP contribution >= 0.6 is 11.6 Å². The second-order valence-corrected chi connectivity index (χ2v) is 7.15. The van der Waals surface area contributed by atoms with Crippen molar-refractivity contribution in [1.29, 1.82) is 0 Å². The first-order chi connectivity index (χ1) is 13.0. The molecule has 1 fully saturated rings. The molecule has 1 aromatic heterocycles. The van der Waals surface area contributed by atoms with Gasteiger partial charge >= 0.3 is 6.03 Å². The summed E-state index contributed by atoms with van der Waals surface area (Å²) in [6.45, 7) is 2.70. The zero-order chi connectivity index (χ0) is 19.1. The van der Waals surface area contributed by atoms with Crippen molar-refractivity contribution >= 4 is 40.7 Å². The summed E-state index contributed by atoms with van der Waals surface area (Å²) in [5.41, 5.74) is 1.58. The Kier molecular flexibility index (Phi) is 4.49. The minimum absolute atomic E-state index is 0.305. The molecule has 0 N–H and O–H groups in total. The van der Waals surface area contributed by atoms with Crippen molar-refractivity contribution in [2.24, 2.45) is 0 Å². The largest absolute Gasteiger partial charge is 0.331 e. The zero-order valence-electron chi connectivity index (χ0n) is 15.2. The Hall–Kier alpha value is -2.64. The van der Waals surface area contributed by atoms with Crippen LogP contribution < -0.4 is 9.80 Å². The summed E-state index contributed by atoms with van der Waals surface area (Å²) in [6, 6.07) is 10.2. The predicted octanol–water partition coefficient (Wildman–Crippen LogP) is 2.83. The van der Waals surface area contributed by atoms with Gasteiger partial charge in [-0.3, -0.25) is 4.79 Å². The van der Waals surface area contributed by atoms with Gasteiger partial charge in [0.1, 0.15) is 5.15 Å². The van der Waals surface area contributed by atoms with Gasteiger partial charge < -0.3 is 14.7 Å². The number of nitrogens with zero attached hydrogens (tertiary/aromatic N) is 5. The molecule has 3 amide bonds. The Bertz CT molecular complexity index is 911. The number of benzene rings is 1. The van der Waals surface area contributed by atoms with Gasteiger partial charge in [0.05, 0.1) is 16.9 Å². The highest BCUT2D eigenvalue weighted by Crippen LogP contribution is 2.39. The Morgan fingerprint density at radius 3 is 2.44 bits per heavy atom. The van der Waals surface area contributed by atoms with E-state index >= 15 is 0 Å². The third-order valence-corrected chi connectivity index (χ3v) is 5.25. The number of piperazine rings is 1. The molecule has 0 saturated carbocycles. The van der Waals surface area contributed by atoms with Crippen LogP contribution in [0, 0.1) is 0 Å². The molecule has 7 nitrogen and oxygen atoms in total. The minimum Gasteiger partial charge on any atom is -0.327 e. The number of hydrogen-bond donors (Lipinski definition) is 0. The summed E-state index contributed by atoms with van der Waals surface area (Å²) in [6.07, 6.45) is 0. The molecule has 2 aliphatic rings. The maximum absolute atomic E-state index is 13.4. The quantitative estimate of drug-likeness (QED) is 0.653. The number of likely N-dealkylation sites (N-methyl/N-ethyl adjacent to an activating group) is 1. The van der Waals surface area contributed by atoms with Crippen LogP contribution in [-0.4, -0.2) is 67.0 Å². The molecule has 3 heterocycles. The van der Waals surface area contributed by atoms with Crippen molar-refractivity contribution in [3.8, 4) is 0 Å². The van der Waals surface area contributed by atoms with Gasteiger partial charge in [-0.25, -0.2) is 14.7 Å². The number of carbonyl (C=O) groups excluding carboxylic acids is 2. The number of imide groups is 1. The maximum Gasteiger partial charge on any atom is 0.331 e. The summed E-state index contributed by atoms with van der Waals surface area (Å²) in [5, 5.41) is 0.305. The Morgan fingerprint density at radius 1 is 1.00 bits per heavy atom. The molecule has 0 radical (unpaired) electrons. The van der Waals surface area contributed by atoms with Crippen LogP contribution in [0.3, 0.4) is 0 Å². The van der Waals surface area contributed by atoms with Crippen molar-refractivity contribution in [1.82, 2.24) is 14.8 Å². The SMILES string of the molecule is CN1CCN(C(=O)N2C(=O)c3ccccc3N(C)c3nc(Cl)ccc32)CC1. The van der Waals surface area contributed by atoms with Crippen LogP contribution in [0.1, 0.15) is 10.4 Å². The molecule has 8 heteroatoms. The number of anilines is 3. The lowest BCUT2D eigenvalue weighted by molar-refractivity contribution is 0.0979. The fraction of sp³-hybridized carbons (Fsp3) is 0.316. The fourth-order valence-electron chi connectivity index (χ4n) is 3.46. The number of amides is 3. The summed E-state index contributed by atoms with van der Waals surface area (Å²) in [5.74, 6) is 0.118. The van der Waals surface area contributed by atoms with E-state index in [0.717, 1.165) is 13.1 Å². The number of fused-ring (bicyclic) bond motifs is 2. The van der Waals surface area contributed by atoms with Gasteiger partial charge in [0.2, 0.25) is 0 Å². The monoisotopic (exact) mass is 385 g/mol. The lowest BCUT2D eigenvalue weighted by Gasteiger charge is -2.35. The molecule has 2 aromatic rings. The number of urea groups is 1. The van der Waals surface area contributed by atoms with Crippen molar-refractivity contribution < 1.29 is 9.59 Å². The van der Waals surface area contributed by atoms with E-state index < -0.39 is 0 Å².